The van der Waals surface area contributed by atoms with E-state index in [-0.39, 0.29) is 48.1 Å². The Kier molecular flexibility index (Phi) is 6.98. The van der Waals surface area contributed by atoms with Crippen molar-refractivity contribution in [1.82, 2.24) is 14.9 Å². The van der Waals surface area contributed by atoms with Crippen molar-refractivity contribution < 1.29 is 22.9 Å². The quantitative estimate of drug-likeness (QED) is 0.485. The molecule has 11 heteroatoms. The van der Waals surface area contributed by atoms with Crippen LogP contribution in [-0.2, 0) is 14.8 Å². The maximum absolute atomic E-state index is 12.7. The normalized spacial score (nSPS) is 15.2. The maximum atomic E-state index is 12.7. The average Bonchev–Trinajstić information content (AvgIpc) is 2.78. The van der Waals surface area contributed by atoms with Crippen LogP contribution in [0.4, 0.5) is 5.69 Å². The van der Waals surface area contributed by atoms with Crippen molar-refractivity contribution in [3.63, 3.8) is 0 Å². The van der Waals surface area contributed by atoms with Gasteiger partial charge in [-0.2, -0.15) is 4.31 Å². The number of carbonyl (C=O) groups is 2. The minimum absolute atomic E-state index is 0.00999. The minimum atomic E-state index is -3.77. The molecule has 1 fully saturated rings. The smallest absolute Gasteiger partial charge is 0.269 e. The predicted octanol–water partition coefficient (Wildman–Crippen LogP) is 1.29. The molecule has 0 bridgehead atoms. The van der Waals surface area contributed by atoms with Crippen LogP contribution in [0.5, 0.6) is 0 Å². The highest BCUT2D eigenvalue weighted by molar-refractivity contribution is 7.89. The fraction of sp³-hybridized carbons (Fsp3) is 0.300. The lowest BCUT2D eigenvalue weighted by Gasteiger charge is -2.31. The maximum Gasteiger partial charge on any atom is 0.269 e. The molecule has 2 amide bonds. The Bertz CT molecular complexity index is 1050. The van der Waals surface area contributed by atoms with Gasteiger partial charge in [0.15, 0.2) is 0 Å². The van der Waals surface area contributed by atoms with Crippen LogP contribution >= 0.6 is 0 Å². The van der Waals surface area contributed by atoms with Gasteiger partial charge in [0.2, 0.25) is 15.9 Å². The Morgan fingerprint density at radius 1 is 1.03 bits per heavy atom. The number of nitrogens with zero attached hydrogens (tertiary/aromatic N) is 2. The third-order valence-electron chi connectivity index (χ3n) is 4.95. The van der Waals surface area contributed by atoms with E-state index in [1.807, 2.05) is 0 Å². The van der Waals surface area contributed by atoms with E-state index in [1.165, 1.54) is 16.4 Å². The van der Waals surface area contributed by atoms with Crippen molar-refractivity contribution in [2.75, 3.05) is 19.6 Å². The largest absolute Gasteiger partial charge is 0.352 e. The molecule has 1 aliphatic heterocycles. The lowest BCUT2D eigenvalue weighted by Crippen LogP contribution is -2.48. The number of hydrogen-bond acceptors (Lipinski definition) is 6. The number of rotatable bonds is 7. The van der Waals surface area contributed by atoms with E-state index in [2.05, 4.69) is 10.6 Å². The van der Waals surface area contributed by atoms with E-state index in [0.717, 1.165) is 12.1 Å². The molecule has 1 saturated heterocycles. The fourth-order valence-corrected chi connectivity index (χ4v) is 4.73. The summed E-state index contributed by atoms with van der Waals surface area (Å²) in [6.07, 6.45) is 0.842. The summed E-state index contributed by atoms with van der Waals surface area (Å²) in [4.78, 5) is 34.2. The van der Waals surface area contributed by atoms with Crippen molar-refractivity contribution in [2.24, 2.45) is 0 Å². The molecule has 0 saturated carbocycles. The Labute approximate surface area is 179 Å². The number of sulfonamides is 1. The van der Waals surface area contributed by atoms with Gasteiger partial charge in [-0.15, -0.1) is 0 Å². The van der Waals surface area contributed by atoms with Crippen LogP contribution in [0.15, 0.2) is 59.5 Å². The van der Waals surface area contributed by atoms with Gasteiger partial charge in [-0.1, -0.05) is 18.2 Å². The lowest BCUT2D eigenvalue weighted by atomic mass is 10.1. The van der Waals surface area contributed by atoms with E-state index in [9.17, 15) is 28.1 Å². The Balaban J connectivity index is 1.48. The zero-order valence-corrected chi connectivity index (χ0v) is 17.4. The van der Waals surface area contributed by atoms with Crippen LogP contribution in [0.3, 0.4) is 0 Å². The van der Waals surface area contributed by atoms with Gasteiger partial charge in [-0.05, 0) is 37.1 Å². The van der Waals surface area contributed by atoms with Gasteiger partial charge < -0.3 is 10.6 Å². The number of nitro benzene ring substituents is 1. The first-order chi connectivity index (χ1) is 14.8. The Morgan fingerprint density at radius 3 is 2.23 bits per heavy atom. The number of benzene rings is 2. The number of nitrogens with one attached hydrogen (secondary N) is 2. The van der Waals surface area contributed by atoms with Gasteiger partial charge in [0, 0.05) is 36.8 Å². The van der Waals surface area contributed by atoms with Gasteiger partial charge in [0.1, 0.15) is 0 Å². The first-order valence-electron chi connectivity index (χ1n) is 9.64. The van der Waals surface area contributed by atoms with Crippen molar-refractivity contribution in [3.8, 4) is 0 Å². The second-order valence-corrected chi connectivity index (χ2v) is 8.98. The third-order valence-corrected chi connectivity index (χ3v) is 6.86. The molecule has 3 rings (SSSR count). The molecule has 1 aliphatic rings. The van der Waals surface area contributed by atoms with Crippen LogP contribution in [0.25, 0.3) is 0 Å². The van der Waals surface area contributed by atoms with Crippen molar-refractivity contribution >= 4 is 27.5 Å². The molecule has 0 aromatic heterocycles. The van der Waals surface area contributed by atoms with Gasteiger partial charge in [-0.25, -0.2) is 8.42 Å². The summed E-state index contributed by atoms with van der Waals surface area (Å²) in [7, 11) is -3.77. The fourth-order valence-electron chi connectivity index (χ4n) is 3.26. The summed E-state index contributed by atoms with van der Waals surface area (Å²) in [5, 5.41) is 16.1. The molecule has 31 heavy (non-hydrogen) atoms. The van der Waals surface area contributed by atoms with E-state index < -0.39 is 14.9 Å². The summed E-state index contributed by atoms with van der Waals surface area (Å²) < 4.78 is 26.8. The molecule has 0 unspecified atom stereocenters. The summed E-state index contributed by atoms with van der Waals surface area (Å²) in [6, 6.07) is 13.1. The standard InChI is InChI=1S/C20H22N4O6S/c25-19(14-21-20(26)15-4-2-1-3-5-15)22-16-10-12-23(13-11-16)31(29,30)18-8-6-17(7-9-18)24(27)28/h1-9,16H,10-14H2,(H,21,26)(H,22,25). The van der Waals surface area contributed by atoms with Crippen LogP contribution in [0, 0.1) is 10.1 Å². The number of amides is 2. The van der Waals surface area contributed by atoms with E-state index in [1.54, 1.807) is 30.3 Å². The Morgan fingerprint density at radius 2 is 1.65 bits per heavy atom. The van der Waals surface area contributed by atoms with E-state index in [0.29, 0.717) is 18.4 Å². The summed E-state index contributed by atoms with van der Waals surface area (Å²) in [5.74, 6) is -0.694. The van der Waals surface area contributed by atoms with Crippen LogP contribution in [0.2, 0.25) is 0 Å². The van der Waals surface area contributed by atoms with Crippen LogP contribution in [0.1, 0.15) is 23.2 Å². The van der Waals surface area contributed by atoms with Gasteiger partial charge >= 0.3 is 0 Å². The van der Waals surface area contributed by atoms with E-state index >= 15 is 0 Å². The second kappa shape index (κ2) is 9.67. The molecule has 0 spiro atoms. The number of piperidine rings is 1. The van der Waals surface area contributed by atoms with Gasteiger partial charge in [-0.3, -0.25) is 19.7 Å². The first kappa shape index (κ1) is 22.4. The first-order valence-corrected chi connectivity index (χ1v) is 11.1. The van der Waals surface area contributed by atoms with Gasteiger partial charge in [0.25, 0.3) is 11.6 Å². The monoisotopic (exact) mass is 446 g/mol. The molecule has 2 aromatic carbocycles. The Hall–Kier alpha value is -3.31. The van der Waals surface area contributed by atoms with Crippen molar-refractivity contribution in [1.29, 1.82) is 0 Å². The highest BCUT2D eigenvalue weighted by Gasteiger charge is 2.30. The molecule has 1 heterocycles. The zero-order chi connectivity index (χ0) is 22.4. The summed E-state index contributed by atoms with van der Waals surface area (Å²) >= 11 is 0. The van der Waals surface area contributed by atoms with Crippen LogP contribution in [-0.4, -0.2) is 55.1 Å². The molecule has 10 nitrogen and oxygen atoms in total. The summed E-state index contributed by atoms with van der Waals surface area (Å²) in [6.45, 7) is 0.246. The second-order valence-electron chi connectivity index (χ2n) is 7.05. The predicted molar refractivity (Wildman–Crippen MR) is 112 cm³/mol. The topological polar surface area (TPSA) is 139 Å². The zero-order valence-electron chi connectivity index (χ0n) is 16.6. The molecular weight excluding hydrogens is 424 g/mol. The molecule has 2 N–H and O–H groups in total. The molecule has 0 atom stereocenters. The van der Waals surface area contributed by atoms with E-state index in [4.69, 9.17) is 0 Å². The average molecular weight is 446 g/mol. The number of nitro groups is 1. The lowest BCUT2D eigenvalue weighted by molar-refractivity contribution is -0.384. The van der Waals surface area contributed by atoms with Crippen molar-refractivity contribution in [3.05, 3.63) is 70.3 Å². The third kappa shape index (κ3) is 5.64. The number of carbonyl (C=O) groups excluding carboxylic acids is 2. The molecule has 0 radical (unpaired) electrons. The number of hydrogen-bond donors (Lipinski definition) is 2. The SMILES string of the molecule is O=C(CNC(=O)c1ccccc1)NC1CCN(S(=O)(=O)c2ccc([N+](=O)[O-])cc2)CC1. The highest BCUT2D eigenvalue weighted by Crippen LogP contribution is 2.22. The minimum Gasteiger partial charge on any atom is -0.352 e. The van der Waals surface area contributed by atoms with Crippen LogP contribution < -0.4 is 10.6 Å². The molecule has 164 valence electrons. The van der Waals surface area contributed by atoms with Gasteiger partial charge in [0.05, 0.1) is 16.4 Å². The number of non-ortho nitro benzene ring substituents is 1. The summed E-state index contributed by atoms with van der Waals surface area (Å²) in [5.41, 5.74) is 0.278. The molecule has 2 aromatic rings. The van der Waals surface area contributed by atoms with Crippen molar-refractivity contribution in [2.45, 2.75) is 23.8 Å². The molecule has 0 aliphatic carbocycles. The molecular formula is C20H22N4O6S. The highest BCUT2D eigenvalue weighted by atomic mass is 32.2.